The van der Waals surface area contributed by atoms with Crippen molar-refractivity contribution in [2.45, 2.75) is 19.1 Å². The predicted octanol–water partition coefficient (Wildman–Crippen LogP) is 5.07. The highest BCUT2D eigenvalue weighted by atomic mass is 16.6. The zero-order chi connectivity index (χ0) is 18.7. The third kappa shape index (κ3) is 6.24. The highest BCUT2D eigenvalue weighted by Crippen LogP contribution is 2.11. The second-order valence-corrected chi connectivity index (χ2v) is 6.20. The molecule has 3 aromatic rings. The lowest BCUT2D eigenvalue weighted by molar-refractivity contribution is 0.128. The molecule has 1 atom stereocenters. The molecule has 3 heteroatoms. The molecule has 0 fully saturated rings. The van der Waals surface area contributed by atoms with Gasteiger partial charge in [-0.2, -0.15) is 0 Å². The van der Waals surface area contributed by atoms with Crippen molar-refractivity contribution in [1.82, 2.24) is 0 Å². The van der Waals surface area contributed by atoms with Gasteiger partial charge in [0.05, 0.1) is 11.8 Å². The smallest absolute Gasteiger partial charge is 0.142 e. The van der Waals surface area contributed by atoms with Crippen molar-refractivity contribution in [2.75, 3.05) is 0 Å². The van der Waals surface area contributed by atoms with Crippen LogP contribution in [0.3, 0.4) is 0 Å². The van der Waals surface area contributed by atoms with Crippen LogP contribution in [0.5, 0.6) is 0 Å². The average molecular weight is 357 g/mol. The number of aliphatic hydroxyl groups excluding tert-OH is 1. The molecule has 0 aliphatic carbocycles. The van der Waals surface area contributed by atoms with Gasteiger partial charge in [0.2, 0.25) is 0 Å². The Labute approximate surface area is 160 Å². The Morgan fingerprint density at radius 2 is 1.44 bits per heavy atom. The lowest BCUT2D eigenvalue weighted by Gasteiger charge is -2.10. The predicted molar refractivity (Wildman–Crippen MR) is 110 cm³/mol. The first-order chi connectivity index (χ1) is 13.3. The second-order valence-electron chi connectivity index (χ2n) is 6.20. The van der Waals surface area contributed by atoms with E-state index < -0.39 is 6.10 Å². The number of rotatable bonds is 8. The molecule has 0 amide bonds. The van der Waals surface area contributed by atoms with Crippen LogP contribution in [0.25, 0.3) is 6.08 Å². The van der Waals surface area contributed by atoms with Crippen molar-refractivity contribution in [3.8, 4) is 0 Å². The largest absolute Gasteiger partial charge is 0.391 e. The SMILES string of the molecule is OC(/C=C/c1ccccc1)C/C(=N/OCc1ccccc1)c1ccccc1. The monoisotopic (exact) mass is 357 g/mol. The van der Waals surface area contributed by atoms with Gasteiger partial charge in [0.25, 0.3) is 0 Å². The summed E-state index contributed by atoms with van der Waals surface area (Å²) in [4.78, 5) is 5.55. The molecule has 0 saturated carbocycles. The van der Waals surface area contributed by atoms with Gasteiger partial charge in [-0.25, -0.2) is 0 Å². The van der Waals surface area contributed by atoms with Gasteiger partial charge in [-0.1, -0.05) is 108 Å². The maximum absolute atomic E-state index is 10.4. The van der Waals surface area contributed by atoms with Crippen LogP contribution in [0.2, 0.25) is 0 Å². The summed E-state index contributed by atoms with van der Waals surface area (Å²) >= 11 is 0. The van der Waals surface area contributed by atoms with E-state index in [2.05, 4.69) is 5.16 Å². The fraction of sp³-hybridized carbons (Fsp3) is 0.125. The van der Waals surface area contributed by atoms with Crippen LogP contribution in [0.1, 0.15) is 23.1 Å². The van der Waals surface area contributed by atoms with E-state index in [1.54, 1.807) is 6.08 Å². The molecule has 0 aliphatic heterocycles. The Balaban J connectivity index is 1.68. The Bertz CT molecular complexity index is 859. The van der Waals surface area contributed by atoms with Crippen molar-refractivity contribution >= 4 is 11.8 Å². The van der Waals surface area contributed by atoms with Crippen LogP contribution in [0, 0.1) is 0 Å². The first-order valence-electron chi connectivity index (χ1n) is 9.01. The van der Waals surface area contributed by atoms with E-state index in [0.29, 0.717) is 13.0 Å². The normalized spacial score (nSPS) is 12.9. The van der Waals surface area contributed by atoms with E-state index in [-0.39, 0.29) is 0 Å². The summed E-state index contributed by atoms with van der Waals surface area (Å²) in [6.07, 6.45) is 3.43. The third-order valence-electron chi connectivity index (χ3n) is 4.07. The van der Waals surface area contributed by atoms with E-state index in [4.69, 9.17) is 4.84 Å². The van der Waals surface area contributed by atoms with Crippen molar-refractivity contribution in [3.05, 3.63) is 114 Å². The number of hydrogen-bond donors (Lipinski definition) is 1. The van der Waals surface area contributed by atoms with Gasteiger partial charge in [-0.05, 0) is 16.7 Å². The van der Waals surface area contributed by atoms with E-state index in [0.717, 1.165) is 22.4 Å². The van der Waals surface area contributed by atoms with E-state index in [1.807, 2.05) is 97.1 Å². The highest BCUT2D eigenvalue weighted by Gasteiger charge is 2.10. The molecule has 3 nitrogen and oxygen atoms in total. The molecular formula is C24H23NO2. The Morgan fingerprint density at radius 1 is 0.852 bits per heavy atom. The summed E-state index contributed by atoms with van der Waals surface area (Å²) in [6, 6.07) is 29.6. The standard InChI is InChI=1S/C24H23NO2/c26-23(17-16-20-10-4-1-5-11-20)18-24(22-14-8-3-9-15-22)25-27-19-21-12-6-2-7-13-21/h1-17,23,26H,18-19H2/b17-16+,25-24-. The van der Waals surface area contributed by atoms with Gasteiger partial charge in [-0.3, -0.25) is 0 Å². The Morgan fingerprint density at radius 3 is 2.11 bits per heavy atom. The fourth-order valence-corrected chi connectivity index (χ4v) is 2.65. The molecule has 3 rings (SSSR count). The molecule has 0 spiro atoms. The number of benzene rings is 3. The topological polar surface area (TPSA) is 41.8 Å². The van der Waals surface area contributed by atoms with Crippen molar-refractivity contribution in [2.24, 2.45) is 5.16 Å². The van der Waals surface area contributed by atoms with Crippen molar-refractivity contribution in [1.29, 1.82) is 0 Å². The molecule has 0 heterocycles. The molecule has 27 heavy (non-hydrogen) atoms. The summed E-state index contributed by atoms with van der Waals surface area (Å²) < 4.78 is 0. The van der Waals surface area contributed by atoms with Crippen LogP contribution in [0.4, 0.5) is 0 Å². The molecule has 0 aromatic heterocycles. The fourth-order valence-electron chi connectivity index (χ4n) is 2.65. The van der Waals surface area contributed by atoms with Gasteiger partial charge in [-0.15, -0.1) is 0 Å². The number of oxime groups is 1. The molecule has 3 aromatic carbocycles. The van der Waals surface area contributed by atoms with Gasteiger partial charge in [0, 0.05) is 6.42 Å². The summed E-state index contributed by atoms with van der Waals surface area (Å²) in [5.41, 5.74) is 3.77. The van der Waals surface area contributed by atoms with Crippen LogP contribution in [-0.2, 0) is 11.4 Å². The minimum Gasteiger partial charge on any atom is -0.391 e. The number of aliphatic hydroxyl groups is 1. The third-order valence-corrected chi connectivity index (χ3v) is 4.07. The summed E-state index contributed by atoms with van der Waals surface area (Å²) in [5, 5.41) is 14.7. The van der Waals surface area contributed by atoms with E-state index in [1.165, 1.54) is 0 Å². The van der Waals surface area contributed by atoms with E-state index in [9.17, 15) is 5.11 Å². The minimum absolute atomic E-state index is 0.377. The molecule has 1 N–H and O–H groups in total. The maximum Gasteiger partial charge on any atom is 0.142 e. The van der Waals surface area contributed by atoms with Gasteiger partial charge < -0.3 is 9.94 Å². The Hall–Kier alpha value is -3.17. The molecule has 0 saturated heterocycles. The molecular weight excluding hydrogens is 334 g/mol. The molecule has 0 radical (unpaired) electrons. The van der Waals surface area contributed by atoms with Crippen LogP contribution >= 0.6 is 0 Å². The summed E-state index contributed by atoms with van der Waals surface area (Å²) in [5.74, 6) is 0. The molecule has 0 bridgehead atoms. The van der Waals surface area contributed by atoms with Crippen LogP contribution in [-0.4, -0.2) is 16.9 Å². The summed E-state index contributed by atoms with van der Waals surface area (Å²) in [7, 11) is 0. The number of hydrogen-bond acceptors (Lipinski definition) is 3. The Kier molecular flexibility index (Phi) is 6.96. The highest BCUT2D eigenvalue weighted by molar-refractivity contribution is 6.00. The molecule has 1 unspecified atom stereocenters. The number of nitrogens with zero attached hydrogens (tertiary/aromatic N) is 1. The molecule has 0 aliphatic rings. The first-order valence-corrected chi connectivity index (χ1v) is 9.01. The maximum atomic E-state index is 10.4. The zero-order valence-electron chi connectivity index (χ0n) is 15.1. The van der Waals surface area contributed by atoms with Crippen LogP contribution in [0.15, 0.2) is 102 Å². The van der Waals surface area contributed by atoms with Gasteiger partial charge >= 0.3 is 0 Å². The van der Waals surface area contributed by atoms with Gasteiger partial charge in [0.1, 0.15) is 6.61 Å². The first kappa shape index (κ1) is 18.6. The van der Waals surface area contributed by atoms with Crippen LogP contribution < -0.4 is 0 Å². The lowest BCUT2D eigenvalue weighted by Crippen LogP contribution is -2.12. The zero-order valence-corrected chi connectivity index (χ0v) is 15.1. The quantitative estimate of drug-likeness (QED) is 0.452. The average Bonchev–Trinajstić information content (AvgIpc) is 2.74. The lowest BCUT2D eigenvalue weighted by atomic mass is 10.0. The van der Waals surface area contributed by atoms with E-state index >= 15 is 0 Å². The second kappa shape index (κ2) is 10.1. The van der Waals surface area contributed by atoms with Gasteiger partial charge in [0.15, 0.2) is 0 Å². The minimum atomic E-state index is -0.649. The van der Waals surface area contributed by atoms with Crippen molar-refractivity contribution < 1.29 is 9.94 Å². The van der Waals surface area contributed by atoms with Crippen molar-refractivity contribution in [3.63, 3.8) is 0 Å². The summed E-state index contributed by atoms with van der Waals surface area (Å²) in [6.45, 7) is 0.396. The molecule has 136 valence electrons.